The Kier molecular flexibility index (Phi) is 5.29. The average Bonchev–Trinajstić information content (AvgIpc) is 2.83. The average molecular weight is 371 g/mol. The third kappa shape index (κ3) is 4.24. The quantitative estimate of drug-likeness (QED) is 0.462. The summed E-state index contributed by atoms with van der Waals surface area (Å²) in [5.41, 5.74) is 3.52. The Balaban J connectivity index is 2.08. The summed E-state index contributed by atoms with van der Waals surface area (Å²) < 4.78 is 1.07. The van der Waals surface area contributed by atoms with E-state index in [2.05, 4.69) is 32.3 Å². The van der Waals surface area contributed by atoms with Crippen LogP contribution in [0.3, 0.4) is 0 Å². The standard InChI is InChI=1S/C13H15BrN4O2S/c1-17(7-11-5-10(14)8-21-11)6-9-2-3-12(16-15)13(4-9)18(19)20/h2-5,8,16H,6-7,15H2,1H3. The minimum absolute atomic E-state index is 0.0118. The molecule has 2 rings (SSSR count). The molecule has 0 spiro atoms. The summed E-state index contributed by atoms with van der Waals surface area (Å²) in [6, 6.07) is 7.09. The number of nitro benzene ring substituents is 1. The Morgan fingerprint density at radius 1 is 1.43 bits per heavy atom. The molecule has 0 aliphatic rings. The van der Waals surface area contributed by atoms with Gasteiger partial charge in [-0.05, 0) is 40.7 Å². The van der Waals surface area contributed by atoms with Crippen LogP contribution in [0.5, 0.6) is 0 Å². The lowest BCUT2D eigenvalue weighted by Gasteiger charge is -2.16. The second-order valence-corrected chi connectivity index (χ2v) is 6.57. The molecule has 0 saturated carbocycles. The number of nitrogens with zero attached hydrogens (tertiary/aromatic N) is 2. The third-order valence-electron chi connectivity index (χ3n) is 2.91. The topological polar surface area (TPSA) is 84.4 Å². The number of nitro groups is 1. The maximum Gasteiger partial charge on any atom is 0.293 e. The van der Waals surface area contributed by atoms with Gasteiger partial charge in [-0.2, -0.15) is 0 Å². The molecule has 6 nitrogen and oxygen atoms in total. The van der Waals surface area contributed by atoms with Gasteiger partial charge in [0.2, 0.25) is 0 Å². The first-order chi connectivity index (χ1) is 9.99. The molecule has 0 aliphatic heterocycles. The second-order valence-electron chi connectivity index (χ2n) is 4.66. The minimum atomic E-state index is -0.435. The van der Waals surface area contributed by atoms with Gasteiger partial charge < -0.3 is 5.43 Å². The third-order valence-corrected chi connectivity index (χ3v) is 4.60. The molecule has 0 amide bonds. The Morgan fingerprint density at radius 2 is 2.19 bits per heavy atom. The summed E-state index contributed by atoms with van der Waals surface area (Å²) in [5, 5.41) is 13.0. The molecule has 1 heterocycles. The Bertz CT molecular complexity index is 647. The van der Waals surface area contributed by atoms with Gasteiger partial charge in [0.05, 0.1) is 4.92 Å². The van der Waals surface area contributed by atoms with Crippen LogP contribution in [-0.4, -0.2) is 16.9 Å². The fraction of sp³-hybridized carbons (Fsp3) is 0.231. The fourth-order valence-corrected chi connectivity index (χ4v) is 3.55. The molecule has 2 aromatic rings. The summed E-state index contributed by atoms with van der Waals surface area (Å²) in [7, 11) is 1.98. The van der Waals surface area contributed by atoms with Crippen molar-refractivity contribution in [2.45, 2.75) is 13.1 Å². The number of benzene rings is 1. The number of anilines is 1. The van der Waals surface area contributed by atoms with E-state index in [1.807, 2.05) is 18.5 Å². The van der Waals surface area contributed by atoms with Crippen LogP contribution in [0.25, 0.3) is 0 Å². The van der Waals surface area contributed by atoms with Gasteiger partial charge in [-0.25, -0.2) is 0 Å². The fourth-order valence-electron chi connectivity index (χ4n) is 2.02. The maximum atomic E-state index is 11.0. The van der Waals surface area contributed by atoms with Crippen LogP contribution in [-0.2, 0) is 13.1 Å². The number of hydrogen-bond acceptors (Lipinski definition) is 6. The predicted octanol–water partition coefficient (Wildman–Crippen LogP) is 3.34. The summed E-state index contributed by atoms with van der Waals surface area (Å²) in [6.07, 6.45) is 0. The van der Waals surface area contributed by atoms with Crippen molar-refractivity contribution in [2.75, 3.05) is 12.5 Å². The molecule has 0 atom stereocenters. The van der Waals surface area contributed by atoms with Gasteiger partial charge in [0.15, 0.2) is 0 Å². The van der Waals surface area contributed by atoms with E-state index in [4.69, 9.17) is 5.84 Å². The second kappa shape index (κ2) is 6.99. The first-order valence-electron chi connectivity index (χ1n) is 6.15. The largest absolute Gasteiger partial charge is 0.318 e. The molecular formula is C13H15BrN4O2S. The van der Waals surface area contributed by atoms with E-state index in [1.165, 1.54) is 4.88 Å². The Morgan fingerprint density at radius 3 is 2.76 bits per heavy atom. The normalized spacial score (nSPS) is 10.9. The molecule has 0 saturated heterocycles. The SMILES string of the molecule is CN(Cc1ccc(NN)c([N+](=O)[O-])c1)Cc1cc(Br)cs1. The molecule has 1 aromatic heterocycles. The van der Waals surface area contributed by atoms with Crippen molar-refractivity contribution < 1.29 is 4.92 Å². The zero-order valence-corrected chi connectivity index (χ0v) is 13.8. The zero-order valence-electron chi connectivity index (χ0n) is 11.4. The highest BCUT2D eigenvalue weighted by Gasteiger charge is 2.14. The summed E-state index contributed by atoms with van der Waals surface area (Å²) >= 11 is 5.11. The van der Waals surface area contributed by atoms with Crippen molar-refractivity contribution in [1.82, 2.24) is 4.90 Å². The number of nitrogens with one attached hydrogen (secondary N) is 1. The first kappa shape index (κ1) is 15.9. The van der Waals surface area contributed by atoms with Crippen LogP contribution in [0.1, 0.15) is 10.4 Å². The van der Waals surface area contributed by atoms with E-state index in [-0.39, 0.29) is 5.69 Å². The molecule has 21 heavy (non-hydrogen) atoms. The van der Waals surface area contributed by atoms with Crippen molar-refractivity contribution in [3.8, 4) is 0 Å². The summed E-state index contributed by atoms with van der Waals surface area (Å²) in [4.78, 5) is 13.9. The lowest BCUT2D eigenvalue weighted by atomic mass is 10.1. The van der Waals surface area contributed by atoms with Crippen LogP contribution in [0.15, 0.2) is 34.1 Å². The molecule has 0 aliphatic carbocycles. The van der Waals surface area contributed by atoms with E-state index < -0.39 is 4.92 Å². The van der Waals surface area contributed by atoms with E-state index >= 15 is 0 Å². The molecule has 1 aromatic carbocycles. The van der Waals surface area contributed by atoms with Crippen molar-refractivity contribution in [3.63, 3.8) is 0 Å². The molecule has 0 bridgehead atoms. The molecule has 112 valence electrons. The van der Waals surface area contributed by atoms with E-state index in [0.29, 0.717) is 12.2 Å². The van der Waals surface area contributed by atoms with Gasteiger partial charge in [-0.3, -0.25) is 20.9 Å². The maximum absolute atomic E-state index is 11.0. The lowest BCUT2D eigenvalue weighted by Crippen LogP contribution is -2.17. The van der Waals surface area contributed by atoms with E-state index in [9.17, 15) is 10.1 Å². The number of hydrazine groups is 1. The van der Waals surface area contributed by atoms with E-state index in [1.54, 1.807) is 23.5 Å². The highest BCUT2D eigenvalue weighted by Crippen LogP contribution is 2.26. The molecule has 0 unspecified atom stereocenters. The van der Waals surface area contributed by atoms with Crippen LogP contribution in [0.4, 0.5) is 11.4 Å². The van der Waals surface area contributed by atoms with Crippen molar-refractivity contribution in [1.29, 1.82) is 0 Å². The van der Waals surface area contributed by atoms with Crippen LogP contribution in [0.2, 0.25) is 0 Å². The predicted molar refractivity (Wildman–Crippen MR) is 88.1 cm³/mol. The number of thiophene rings is 1. The van der Waals surface area contributed by atoms with Gasteiger partial charge >= 0.3 is 0 Å². The van der Waals surface area contributed by atoms with Gasteiger partial charge in [0.25, 0.3) is 5.69 Å². The van der Waals surface area contributed by atoms with Gasteiger partial charge in [-0.15, -0.1) is 11.3 Å². The highest BCUT2D eigenvalue weighted by atomic mass is 79.9. The molecule has 0 fully saturated rings. The number of nitrogens with two attached hydrogens (primary N) is 1. The van der Waals surface area contributed by atoms with E-state index in [0.717, 1.165) is 16.6 Å². The summed E-state index contributed by atoms with van der Waals surface area (Å²) in [5.74, 6) is 5.28. The van der Waals surface area contributed by atoms with Crippen LogP contribution in [0, 0.1) is 10.1 Å². The van der Waals surface area contributed by atoms with Gasteiger partial charge in [0, 0.05) is 33.9 Å². The number of halogens is 1. The lowest BCUT2D eigenvalue weighted by molar-refractivity contribution is -0.384. The summed E-state index contributed by atoms with van der Waals surface area (Å²) in [6.45, 7) is 1.42. The van der Waals surface area contributed by atoms with Crippen LogP contribution < -0.4 is 11.3 Å². The van der Waals surface area contributed by atoms with Crippen molar-refractivity contribution in [3.05, 3.63) is 54.7 Å². The molecule has 0 radical (unpaired) electrons. The Labute approximate surface area is 134 Å². The number of hydrogen-bond donors (Lipinski definition) is 2. The van der Waals surface area contributed by atoms with Crippen molar-refractivity contribution in [2.24, 2.45) is 5.84 Å². The number of nitrogen functional groups attached to an aromatic ring is 1. The van der Waals surface area contributed by atoms with Crippen molar-refractivity contribution >= 4 is 38.6 Å². The monoisotopic (exact) mass is 370 g/mol. The highest BCUT2D eigenvalue weighted by molar-refractivity contribution is 9.10. The molecule has 3 N–H and O–H groups in total. The van der Waals surface area contributed by atoms with Crippen LogP contribution >= 0.6 is 27.3 Å². The number of rotatable bonds is 6. The smallest absolute Gasteiger partial charge is 0.293 e. The Hall–Kier alpha value is -1.48. The van der Waals surface area contributed by atoms with Gasteiger partial charge in [-0.1, -0.05) is 6.07 Å². The van der Waals surface area contributed by atoms with Gasteiger partial charge in [0.1, 0.15) is 5.69 Å². The zero-order chi connectivity index (χ0) is 15.4. The first-order valence-corrected chi connectivity index (χ1v) is 7.82. The minimum Gasteiger partial charge on any atom is -0.318 e. The molecular weight excluding hydrogens is 356 g/mol. The molecule has 8 heteroatoms.